The Labute approximate surface area is 106 Å². The number of nitrogens with one attached hydrogen (secondary N) is 1. The Morgan fingerprint density at radius 3 is 2.78 bits per heavy atom. The van der Waals surface area contributed by atoms with Crippen LogP contribution in [0.5, 0.6) is 0 Å². The minimum absolute atomic E-state index is 0.0121. The van der Waals surface area contributed by atoms with E-state index >= 15 is 0 Å². The number of nitro groups is 1. The molecule has 0 unspecified atom stereocenters. The molecule has 0 atom stereocenters. The summed E-state index contributed by atoms with van der Waals surface area (Å²) in [5, 5.41) is 22.8. The summed E-state index contributed by atoms with van der Waals surface area (Å²) in [5.41, 5.74) is -0.225. The van der Waals surface area contributed by atoms with Gasteiger partial charge in [0.25, 0.3) is 0 Å². The number of hydrogen-bond acceptors (Lipinski definition) is 5. The zero-order chi connectivity index (χ0) is 13.8. The van der Waals surface area contributed by atoms with Gasteiger partial charge in [0.2, 0.25) is 5.82 Å². The van der Waals surface area contributed by atoms with Gasteiger partial charge in [-0.25, -0.2) is 4.98 Å². The van der Waals surface area contributed by atoms with Crippen LogP contribution in [-0.2, 0) is 0 Å². The average Bonchev–Trinajstić information content (AvgIpc) is 2.35. The van der Waals surface area contributed by atoms with Gasteiger partial charge in [-0.1, -0.05) is 20.8 Å². The number of pyridine rings is 1. The second-order valence-electron chi connectivity index (χ2n) is 4.80. The molecule has 1 heterocycles. The molecular weight excluding hydrogens is 232 g/mol. The van der Waals surface area contributed by atoms with Gasteiger partial charge in [-0.15, -0.1) is 0 Å². The zero-order valence-electron chi connectivity index (χ0n) is 10.7. The molecule has 18 heavy (non-hydrogen) atoms. The van der Waals surface area contributed by atoms with Crippen molar-refractivity contribution in [3.05, 3.63) is 27.9 Å². The number of anilines is 1. The Bertz CT molecular complexity index is 491. The lowest BCUT2D eigenvalue weighted by Crippen LogP contribution is -2.23. The van der Waals surface area contributed by atoms with Gasteiger partial charge in [-0.05, 0) is 17.9 Å². The van der Waals surface area contributed by atoms with Crippen molar-refractivity contribution in [3.8, 4) is 6.07 Å². The van der Waals surface area contributed by atoms with E-state index in [0.717, 1.165) is 6.42 Å². The Kier molecular flexibility index (Phi) is 4.21. The Morgan fingerprint density at radius 2 is 2.28 bits per heavy atom. The molecule has 96 valence electrons. The molecule has 1 aromatic rings. The van der Waals surface area contributed by atoms with Crippen LogP contribution >= 0.6 is 0 Å². The van der Waals surface area contributed by atoms with Crippen LogP contribution in [0.1, 0.15) is 32.8 Å². The maximum absolute atomic E-state index is 11.0. The number of rotatable bonds is 5. The van der Waals surface area contributed by atoms with Gasteiger partial charge in [-0.2, -0.15) is 5.26 Å². The van der Waals surface area contributed by atoms with Crippen molar-refractivity contribution >= 4 is 11.5 Å². The molecule has 0 amide bonds. The van der Waals surface area contributed by atoms with E-state index in [-0.39, 0.29) is 22.5 Å². The van der Waals surface area contributed by atoms with Crippen LogP contribution in [-0.4, -0.2) is 16.5 Å². The van der Waals surface area contributed by atoms with Crippen molar-refractivity contribution in [2.75, 3.05) is 11.9 Å². The van der Waals surface area contributed by atoms with Crippen molar-refractivity contribution in [2.45, 2.75) is 27.2 Å². The summed E-state index contributed by atoms with van der Waals surface area (Å²) in [6, 6.07) is 3.15. The van der Waals surface area contributed by atoms with E-state index in [9.17, 15) is 10.1 Å². The normalized spacial score (nSPS) is 10.8. The summed E-state index contributed by atoms with van der Waals surface area (Å²) in [4.78, 5) is 14.3. The van der Waals surface area contributed by atoms with E-state index in [2.05, 4.69) is 31.1 Å². The zero-order valence-corrected chi connectivity index (χ0v) is 10.7. The van der Waals surface area contributed by atoms with Crippen LogP contribution in [0.25, 0.3) is 0 Å². The molecule has 0 aliphatic heterocycles. The maximum atomic E-state index is 11.0. The number of nitriles is 1. The lowest BCUT2D eigenvalue weighted by atomic mass is 9.90. The highest BCUT2D eigenvalue weighted by Gasteiger charge is 2.23. The monoisotopic (exact) mass is 248 g/mol. The van der Waals surface area contributed by atoms with Crippen molar-refractivity contribution < 1.29 is 4.92 Å². The molecule has 0 saturated heterocycles. The predicted octanol–water partition coefficient (Wildman–Crippen LogP) is 2.71. The van der Waals surface area contributed by atoms with E-state index < -0.39 is 4.92 Å². The smallest absolute Gasteiger partial charge is 0.328 e. The quantitative estimate of drug-likeness (QED) is 0.638. The molecule has 0 bridgehead atoms. The highest BCUT2D eigenvalue weighted by atomic mass is 16.6. The second-order valence-corrected chi connectivity index (χ2v) is 4.80. The third-order valence-electron chi connectivity index (χ3n) is 2.92. The SMILES string of the molecule is CCC(C)(C)CNc1nccc(C#N)c1[N+](=O)[O-]. The topological polar surface area (TPSA) is 91.8 Å². The fourth-order valence-electron chi connectivity index (χ4n) is 1.31. The van der Waals surface area contributed by atoms with Crippen LogP contribution in [0.3, 0.4) is 0 Å². The van der Waals surface area contributed by atoms with E-state index in [1.54, 1.807) is 6.07 Å². The minimum Gasteiger partial charge on any atom is -0.364 e. The van der Waals surface area contributed by atoms with Gasteiger partial charge in [0.05, 0.1) is 4.92 Å². The van der Waals surface area contributed by atoms with Gasteiger partial charge in [0.1, 0.15) is 11.6 Å². The lowest BCUT2D eigenvalue weighted by Gasteiger charge is -2.23. The van der Waals surface area contributed by atoms with Crippen LogP contribution in [0.4, 0.5) is 11.5 Å². The van der Waals surface area contributed by atoms with Crippen LogP contribution in [0, 0.1) is 26.9 Å². The van der Waals surface area contributed by atoms with Gasteiger partial charge in [0.15, 0.2) is 0 Å². The maximum Gasteiger partial charge on any atom is 0.328 e. The molecule has 0 radical (unpaired) electrons. The standard InChI is InChI=1S/C12H16N4O2/c1-4-12(2,3)8-15-11-10(16(17)18)9(7-13)5-6-14-11/h5-6H,4,8H2,1-3H3,(H,14,15). The number of nitrogens with zero attached hydrogens (tertiary/aromatic N) is 3. The third-order valence-corrected chi connectivity index (χ3v) is 2.92. The summed E-state index contributed by atoms with van der Waals surface area (Å²) in [5.74, 6) is 0.153. The van der Waals surface area contributed by atoms with Crippen LogP contribution < -0.4 is 5.32 Å². The van der Waals surface area contributed by atoms with Gasteiger partial charge in [0, 0.05) is 12.7 Å². The molecule has 0 saturated carbocycles. The van der Waals surface area contributed by atoms with Crippen LogP contribution in [0.2, 0.25) is 0 Å². The molecule has 0 aliphatic carbocycles. The molecule has 0 aliphatic rings. The molecule has 1 aromatic heterocycles. The van der Waals surface area contributed by atoms with E-state index in [0.29, 0.717) is 6.54 Å². The highest BCUT2D eigenvalue weighted by molar-refractivity contribution is 5.64. The first kappa shape index (κ1) is 13.9. The lowest BCUT2D eigenvalue weighted by molar-refractivity contribution is -0.384. The molecule has 0 fully saturated rings. The van der Waals surface area contributed by atoms with Crippen LogP contribution in [0.15, 0.2) is 12.3 Å². The van der Waals surface area contributed by atoms with E-state index in [4.69, 9.17) is 5.26 Å². The van der Waals surface area contributed by atoms with Gasteiger partial charge >= 0.3 is 5.69 Å². The third kappa shape index (κ3) is 3.17. The first-order valence-electron chi connectivity index (χ1n) is 5.68. The Morgan fingerprint density at radius 1 is 1.61 bits per heavy atom. The van der Waals surface area contributed by atoms with E-state index in [1.807, 2.05) is 0 Å². The summed E-state index contributed by atoms with van der Waals surface area (Å²) in [6.45, 7) is 6.72. The number of aromatic nitrogens is 1. The average molecular weight is 248 g/mol. The highest BCUT2D eigenvalue weighted by Crippen LogP contribution is 2.27. The molecule has 1 rings (SSSR count). The van der Waals surface area contributed by atoms with Gasteiger partial charge in [-0.3, -0.25) is 10.1 Å². The largest absolute Gasteiger partial charge is 0.364 e. The predicted molar refractivity (Wildman–Crippen MR) is 68.2 cm³/mol. The van der Waals surface area contributed by atoms with Crippen molar-refractivity contribution in [3.63, 3.8) is 0 Å². The minimum atomic E-state index is -0.577. The van der Waals surface area contributed by atoms with E-state index in [1.165, 1.54) is 12.3 Å². The Hall–Kier alpha value is -2.16. The fourth-order valence-corrected chi connectivity index (χ4v) is 1.31. The summed E-state index contributed by atoms with van der Waals surface area (Å²) >= 11 is 0. The molecule has 1 N–H and O–H groups in total. The van der Waals surface area contributed by atoms with Crippen molar-refractivity contribution in [1.82, 2.24) is 4.98 Å². The van der Waals surface area contributed by atoms with Gasteiger partial charge < -0.3 is 5.32 Å². The van der Waals surface area contributed by atoms with Crippen molar-refractivity contribution in [2.24, 2.45) is 5.41 Å². The second kappa shape index (κ2) is 5.45. The number of hydrogen-bond donors (Lipinski definition) is 1. The first-order chi connectivity index (χ1) is 8.41. The summed E-state index contributed by atoms with van der Waals surface area (Å²) in [6.07, 6.45) is 2.33. The molecule has 0 spiro atoms. The fraction of sp³-hybridized carbons (Fsp3) is 0.500. The molecule has 6 nitrogen and oxygen atoms in total. The molecule has 6 heteroatoms. The summed E-state index contributed by atoms with van der Waals surface area (Å²) in [7, 11) is 0. The summed E-state index contributed by atoms with van der Waals surface area (Å²) < 4.78 is 0. The van der Waals surface area contributed by atoms with Crippen molar-refractivity contribution in [1.29, 1.82) is 5.26 Å². The molecular formula is C12H16N4O2. The Balaban J connectivity index is 3.03. The molecule has 0 aromatic carbocycles. The first-order valence-corrected chi connectivity index (χ1v) is 5.68.